The monoisotopic (exact) mass is 202 g/mol. The summed E-state index contributed by atoms with van der Waals surface area (Å²) in [5.74, 6) is 5.73. The highest BCUT2D eigenvalue weighted by Crippen LogP contribution is 1.94. The molecule has 0 rings (SSSR count). The summed E-state index contributed by atoms with van der Waals surface area (Å²) < 4.78 is 0. The third-order valence-corrected chi connectivity index (χ3v) is 1.21. The molecule has 2 heteroatoms. The normalized spacial score (nSPS) is 12.7. The molecule has 56 valence electrons. The summed E-state index contributed by atoms with van der Waals surface area (Å²) in [5.41, 5.74) is 0. The molecule has 0 bridgehead atoms. The lowest BCUT2D eigenvalue weighted by Gasteiger charge is -1.95. The summed E-state index contributed by atoms with van der Waals surface area (Å²) in [6, 6.07) is 0. The van der Waals surface area contributed by atoms with Crippen molar-refractivity contribution >= 4 is 15.9 Å². The minimum Gasteiger partial charge on any atom is -0.388 e. The highest BCUT2D eigenvalue weighted by molar-refractivity contribution is 9.11. The minimum atomic E-state index is -0.432. The van der Waals surface area contributed by atoms with Crippen LogP contribution in [0.3, 0.4) is 0 Å². The van der Waals surface area contributed by atoms with E-state index in [2.05, 4.69) is 27.8 Å². The smallest absolute Gasteiger partial charge is 0.0838 e. The standard InChI is InChI=1S/C8H11BrO/c1-2-3-4-5-8(10)6-7-9/h6-8,10H,2,5H2,1H3/b7-6-/t8-/m0/s1. The Bertz CT molecular complexity index is 152. The molecule has 0 heterocycles. The SMILES string of the molecule is CCC#CC[C@H](O)/C=C\Br. The van der Waals surface area contributed by atoms with E-state index in [1.54, 1.807) is 11.1 Å². The van der Waals surface area contributed by atoms with Gasteiger partial charge in [-0.15, -0.1) is 11.8 Å². The lowest BCUT2D eigenvalue weighted by Crippen LogP contribution is -1.98. The first-order chi connectivity index (χ1) is 4.81. The van der Waals surface area contributed by atoms with Gasteiger partial charge in [0.2, 0.25) is 0 Å². The molecule has 0 aromatic carbocycles. The van der Waals surface area contributed by atoms with Crippen molar-refractivity contribution in [2.24, 2.45) is 0 Å². The summed E-state index contributed by atoms with van der Waals surface area (Å²) in [7, 11) is 0. The Balaban J connectivity index is 3.48. The molecule has 0 amide bonds. The van der Waals surface area contributed by atoms with Crippen molar-refractivity contribution in [1.29, 1.82) is 0 Å². The highest BCUT2D eigenvalue weighted by atomic mass is 79.9. The second kappa shape index (κ2) is 6.85. The zero-order valence-corrected chi connectivity index (χ0v) is 7.56. The lowest BCUT2D eigenvalue weighted by atomic mass is 10.2. The van der Waals surface area contributed by atoms with Gasteiger partial charge < -0.3 is 5.11 Å². The van der Waals surface area contributed by atoms with E-state index in [4.69, 9.17) is 5.11 Å². The average Bonchev–Trinajstić information content (AvgIpc) is 1.89. The largest absolute Gasteiger partial charge is 0.388 e. The molecular weight excluding hydrogens is 192 g/mol. The fraction of sp³-hybridized carbons (Fsp3) is 0.500. The molecule has 0 saturated heterocycles. The van der Waals surface area contributed by atoms with E-state index in [1.807, 2.05) is 6.92 Å². The van der Waals surface area contributed by atoms with Gasteiger partial charge in [-0.25, -0.2) is 0 Å². The number of aliphatic hydroxyl groups is 1. The molecule has 0 aliphatic carbocycles. The lowest BCUT2D eigenvalue weighted by molar-refractivity contribution is 0.229. The molecule has 0 aliphatic rings. The number of hydrogen-bond acceptors (Lipinski definition) is 1. The Kier molecular flexibility index (Phi) is 6.68. The van der Waals surface area contributed by atoms with Gasteiger partial charge in [-0.05, 0) is 11.1 Å². The van der Waals surface area contributed by atoms with Crippen LogP contribution in [-0.2, 0) is 0 Å². The van der Waals surface area contributed by atoms with Crippen LogP contribution in [0, 0.1) is 11.8 Å². The van der Waals surface area contributed by atoms with E-state index in [0.29, 0.717) is 6.42 Å². The molecule has 10 heavy (non-hydrogen) atoms. The van der Waals surface area contributed by atoms with E-state index in [0.717, 1.165) is 6.42 Å². The van der Waals surface area contributed by atoms with Crippen LogP contribution in [0.15, 0.2) is 11.1 Å². The molecule has 0 radical (unpaired) electrons. The predicted molar refractivity (Wildman–Crippen MR) is 46.8 cm³/mol. The van der Waals surface area contributed by atoms with E-state index < -0.39 is 6.10 Å². The van der Waals surface area contributed by atoms with E-state index in [9.17, 15) is 0 Å². The van der Waals surface area contributed by atoms with Crippen LogP contribution in [0.2, 0.25) is 0 Å². The van der Waals surface area contributed by atoms with E-state index in [1.165, 1.54) is 0 Å². The fourth-order valence-electron chi connectivity index (χ4n) is 0.454. The summed E-state index contributed by atoms with van der Waals surface area (Å²) in [4.78, 5) is 1.64. The van der Waals surface area contributed by atoms with Crippen molar-refractivity contribution in [3.05, 3.63) is 11.1 Å². The number of aliphatic hydroxyl groups excluding tert-OH is 1. The first-order valence-corrected chi connectivity index (χ1v) is 4.13. The van der Waals surface area contributed by atoms with Crippen molar-refractivity contribution in [3.8, 4) is 11.8 Å². The number of halogens is 1. The Hall–Kier alpha value is -0.260. The van der Waals surface area contributed by atoms with Crippen molar-refractivity contribution in [3.63, 3.8) is 0 Å². The van der Waals surface area contributed by atoms with Crippen molar-refractivity contribution < 1.29 is 5.11 Å². The molecule has 1 N–H and O–H groups in total. The zero-order chi connectivity index (χ0) is 7.82. The molecule has 0 aromatic heterocycles. The van der Waals surface area contributed by atoms with Gasteiger partial charge in [0.25, 0.3) is 0 Å². The maximum absolute atomic E-state index is 9.06. The van der Waals surface area contributed by atoms with Gasteiger partial charge in [0.05, 0.1) is 6.10 Å². The Labute approximate surface area is 70.3 Å². The fourth-order valence-corrected chi connectivity index (χ4v) is 0.806. The molecular formula is C8H11BrO. The molecule has 0 unspecified atom stereocenters. The summed E-state index contributed by atoms with van der Waals surface area (Å²) in [6.07, 6.45) is 2.60. The number of hydrogen-bond donors (Lipinski definition) is 1. The highest BCUT2D eigenvalue weighted by Gasteiger charge is 1.91. The summed E-state index contributed by atoms with van der Waals surface area (Å²) in [6.45, 7) is 1.99. The van der Waals surface area contributed by atoms with Crippen LogP contribution >= 0.6 is 15.9 Å². The quantitative estimate of drug-likeness (QED) is 0.681. The minimum absolute atomic E-state index is 0.432. The Morgan fingerprint density at radius 1 is 1.60 bits per heavy atom. The first kappa shape index (κ1) is 9.74. The van der Waals surface area contributed by atoms with E-state index >= 15 is 0 Å². The predicted octanol–water partition coefficient (Wildman–Crippen LogP) is 2.06. The van der Waals surface area contributed by atoms with Gasteiger partial charge in [0.15, 0.2) is 0 Å². The second-order valence-electron chi connectivity index (χ2n) is 1.80. The molecule has 0 spiro atoms. The van der Waals surface area contributed by atoms with Crippen LogP contribution in [0.4, 0.5) is 0 Å². The van der Waals surface area contributed by atoms with E-state index in [-0.39, 0.29) is 0 Å². The molecule has 0 saturated carbocycles. The molecule has 1 atom stereocenters. The number of rotatable bonds is 2. The van der Waals surface area contributed by atoms with Crippen LogP contribution in [0.25, 0.3) is 0 Å². The third-order valence-electron chi connectivity index (χ3n) is 0.908. The summed E-state index contributed by atoms with van der Waals surface area (Å²) >= 11 is 3.07. The second-order valence-corrected chi connectivity index (χ2v) is 2.33. The summed E-state index contributed by atoms with van der Waals surface area (Å²) in [5, 5.41) is 9.06. The van der Waals surface area contributed by atoms with Crippen molar-refractivity contribution in [1.82, 2.24) is 0 Å². The van der Waals surface area contributed by atoms with Gasteiger partial charge in [-0.2, -0.15) is 0 Å². The molecule has 1 nitrogen and oxygen atoms in total. The van der Waals surface area contributed by atoms with Gasteiger partial charge in [0, 0.05) is 12.8 Å². The topological polar surface area (TPSA) is 20.2 Å². The molecule has 0 aromatic rings. The Morgan fingerprint density at radius 3 is 2.80 bits per heavy atom. The van der Waals surface area contributed by atoms with Crippen LogP contribution in [-0.4, -0.2) is 11.2 Å². The van der Waals surface area contributed by atoms with Gasteiger partial charge in [-0.1, -0.05) is 22.9 Å². The zero-order valence-electron chi connectivity index (χ0n) is 5.97. The first-order valence-electron chi connectivity index (χ1n) is 3.22. The van der Waals surface area contributed by atoms with Crippen molar-refractivity contribution in [2.45, 2.75) is 25.9 Å². The Morgan fingerprint density at radius 2 is 2.30 bits per heavy atom. The van der Waals surface area contributed by atoms with Gasteiger partial charge in [-0.3, -0.25) is 0 Å². The third kappa shape index (κ3) is 5.87. The van der Waals surface area contributed by atoms with Gasteiger partial charge >= 0.3 is 0 Å². The van der Waals surface area contributed by atoms with Crippen LogP contribution in [0.1, 0.15) is 19.8 Å². The average molecular weight is 203 g/mol. The molecule has 0 aliphatic heterocycles. The van der Waals surface area contributed by atoms with Crippen LogP contribution < -0.4 is 0 Å². The maximum Gasteiger partial charge on any atom is 0.0838 e. The van der Waals surface area contributed by atoms with Crippen molar-refractivity contribution in [2.75, 3.05) is 0 Å². The maximum atomic E-state index is 9.06. The van der Waals surface area contributed by atoms with Crippen LogP contribution in [0.5, 0.6) is 0 Å². The van der Waals surface area contributed by atoms with Gasteiger partial charge in [0.1, 0.15) is 0 Å². The molecule has 0 fully saturated rings.